The van der Waals surface area contributed by atoms with E-state index >= 15 is 0 Å². The van der Waals surface area contributed by atoms with Gasteiger partial charge in [0.2, 0.25) is 5.91 Å². The Morgan fingerprint density at radius 2 is 1.67 bits per heavy atom. The van der Waals surface area contributed by atoms with Gasteiger partial charge in [-0.15, -0.1) is 6.58 Å². The molecule has 21 heavy (non-hydrogen) atoms. The molecule has 2 nitrogen and oxygen atoms in total. The normalized spacial score (nSPS) is 10.3. The maximum Gasteiger partial charge on any atom is 0.227 e. The first kappa shape index (κ1) is 17.5. The molecule has 0 aliphatic carbocycles. The van der Waals surface area contributed by atoms with E-state index in [1.165, 1.54) is 32.1 Å². The van der Waals surface area contributed by atoms with Gasteiger partial charge in [0.25, 0.3) is 0 Å². The zero-order valence-corrected chi connectivity index (χ0v) is 13.4. The van der Waals surface area contributed by atoms with E-state index in [0.29, 0.717) is 13.0 Å². The van der Waals surface area contributed by atoms with E-state index in [0.717, 1.165) is 18.5 Å². The Bertz CT molecular complexity index is 399. The van der Waals surface area contributed by atoms with Crippen molar-refractivity contribution in [1.82, 2.24) is 0 Å². The molecule has 0 aliphatic heterocycles. The summed E-state index contributed by atoms with van der Waals surface area (Å²) >= 11 is 0. The first-order valence-electron chi connectivity index (χ1n) is 8.26. The topological polar surface area (TPSA) is 20.3 Å². The van der Waals surface area contributed by atoms with E-state index in [1.807, 2.05) is 35.2 Å². The van der Waals surface area contributed by atoms with Crippen molar-refractivity contribution in [3.8, 4) is 0 Å². The molecule has 0 atom stereocenters. The number of carbonyl (C=O) groups is 1. The van der Waals surface area contributed by atoms with Crippen LogP contribution in [0.25, 0.3) is 0 Å². The molecule has 0 saturated carbocycles. The number of nitrogens with zero attached hydrogens (tertiary/aromatic N) is 1. The van der Waals surface area contributed by atoms with Crippen LogP contribution in [0.4, 0.5) is 5.69 Å². The van der Waals surface area contributed by atoms with Crippen LogP contribution in [0.15, 0.2) is 43.0 Å². The first-order valence-corrected chi connectivity index (χ1v) is 8.26. The number of hydrogen-bond acceptors (Lipinski definition) is 1. The fraction of sp³-hybridized carbons (Fsp3) is 0.526. The van der Waals surface area contributed by atoms with Crippen LogP contribution in [0, 0.1) is 0 Å². The molecule has 0 bridgehead atoms. The molecule has 1 amide bonds. The molecule has 0 radical (unpaired) electrons. The van der Waals surface area contributed by atoms with Gasteiger partial charge in [0.1, 0.15) is 0 Å². The number of rotatable bonds is 11. The maximum absolute atomic E-state index is 12.3. The molecule has 0 fully saturated rings. The molecular formula is C19H29NO. The van der Waals surface area contributed by atoms with E-state index in [-0.39, 0.29) is 5.91 Å². The second kappa shape index (κ2) is 11.1. The van der Waals surface area contributed by atoms with Crippen molar-refractivity contribution in [2.24, 2.45) is 0 Å². The van der Waals surface area contributed by atoms with Crippen LogP contribution in [0.2, 0.25) is 0 Å². The highest BCUT2D eigenvalue weighted by Gasteiger charge is 2.13. The maximum atomic E-state index is 12.3. The molecule has 116 valence electrons. The summed E-state index contributed by atoms with van der Waals surface area (Å²) in [5.41, 5.74) is 0.963. The summed E-state index contributed by atoms with van der Waals surface area (Å²) in [6.07, 6.45) is 11.1. The van der Waals surface area contributed by atoms with E-state index in [2.05, 4.69) is 13.5 Å². The van der Waals surface area contributed by atoms with Gasteiger partial charge in [0.05, 0.1) is 0 Å². The predicted molar refractivity (Wildman–Crippen MR) is 91.6 cm³/mol. The van der Waals surface area contributed by atoms with E-state index < -0.39 is 0 Å². The average Bonchev–Trinajstić information content (AvgIpc) is 2.52. The summed E-state index contributed by atoms with van der Waals surface area (Å²) < 4.78 is 0. The van der Waals surface area contributed by atoms with Gasteiger partial charge < -0.3 is 4.90 Å². The summed E-state index contributed by atoms with van der Waals surface area (Å²) in [5, 5.41) is 0. The lowest BCUT2D eigenvalue weighted by Crippen LogP contribution is -2.30. The molecule has 1 rings (SSSR count). The van der Waals surface area contributed by atoms with Gasteiger partial charge >= 0.3 is 0 Å². The van der Waals surface area contributed by atoms with Crippen LogP contribution in [0.5, 0.6) is 0 Å². The number of anilines is 1. The van der Waals surface area contributed by atoms with Crippen LogP contribution in [0.1, 0.15) is 58.3 Å². The average molecular weight is 287 g/mol. The van der Waals surface area contributed by atoms with Crippen molar-refractivity contribution in [3.05, 3.63) is 43.0 Å². The van der Waals surface area contributed by atoms with Gasteiger partial charge in [-0.05, 0) is 18.6 Å². The lowest BCUT2D eigenvalue weighted by atomic mass is 10.1. The van der Waals surface area contributed by atoms with Gasteiger partial charge in [0, 0.05) is 18.7 Å². The summed E-state index contributed by atoms with van der Waals surface area (Å²) in [7, 11) is 0. The van der Waals surface area contributed by atoms with Crippen LogP contribution < -0.4 is 4.90 Å². The SMILES string of the molecule is C=CCN(C(=O)CCCCCCCCC)c1ccccc1. The first-order chi connectivity index (χ1) is 10.3. The zero-order valence-electron chi connectivity index (χ0n) is 13.4. The third kappa shape index (κ3) is 7.12. The molecule has 0 saturated heterocycles. The fourth-order valence-corrected chi connectivity index (χ4v) is 2.46. The Morgan fingerprint density at radius 3 is 2.29 bits per heavy atom. The number of carbonyl (C=O) groups excluding carboxylic acids is 1. The highest BCUT2D eigenvalue weighted by Crippen LogP contribution is 2.16. The number of para-hydroxylation sites is 1. The van der Waals surface area contributed by atoms with Gasteiger partial charge in [-0.1, -0.05) is 69.7 Å². The highest BCUT2D eigenvalue weighted by molar-refractivity contribution is 5.93. The molecule has 0 aliphatic rings. The molecule has 0 N–H and O–H groups in total. The molecule has 0 spiro atoms. The zero-order chi connectivity index (χ0) is 15.3. The Morgan fingerprint density at radius 1 is 1.05 bits per heavy atom. The third-order valence-corrected chi connectivity index (χ3v) is 3.67. The van der Waals surface area contributed by atoms with Crippen LogP contribution >= 0.6 is 0 Å². The third-order valence-electron chi connectivity index (χ3n) is 3.67. The molecule has 0 heterocycles. The minimum atomic E-state index is 0.203. The van der Waals surface area contributed by atoms with Crippen molar-refractivity contribution in [3.63, 3.8) is 0 Å². The fourth-order valence-electron chi connectivity index (χ4n) is 2.46. The standard InChI is InChI=1S/C19H29NO/c1-3-5-6-7-8-9-13-16-19(21)20(17-4-2)18-14-11-10-12-15-18/h4,10-12,14-15H,2-3,5-9,13,16-17H2,1H3. The van der Waals surface area contributed by atoms with Crippen LogP contribution in [-0.4, -0.2) is 12.5 Å². The summed E-state index contributed by atoms with van der Waals surface area (Å²) in [6.45, 7) is 6.57. The Labute approximate surface area is 129 Å². The van der Waals surface area contributed by atoms with Crippen LogP contribution in [0.3, 0.4) is 0 Å². The number of benzene rings is 1. The minimum absolute atomic E-state index is 0.203. The second-order valence-corrected chi connectivity index (χ2v) is 5.50. The Hall–Kier alpha value is -1.57. The monoisotopic (exact) mass is 287 g/mol. The van der Waals surface area contributed by atoms with Gasteiger partial charge in [-0.25, -0.2) is 0 Å². The molecule has 1 aromatic carbocycles. The summed E-state index contributed by atoms with van der Waals surface area (Å²) in [4.78, 5) is 14.2. The summed E-state index contributed by atoms with van der Waals surface area (Å²) in [5.74, 6) is 0.203. The minimum Gasteiger partial charge on any atom is -0.309 e. The molecule has 2 heteroatoms. The van der Waals surface area contributed by atoms with E-state index in [1.54, 1.807) is 6.08 Å². The quantitative estimate of drug-likeness (QED) is 0.397. The molecule has 0 unspecified atom stereocenters. The van der Waals surface area contributed by atoms with Gasteiger partial charge in [0.15, 0.2) is 0 Å². The van der Waals surface area contributed by atoms with Gasteiger partial charge in [-0.3, -0.25) is 4.79 Å². The van der Waals surface area contributed by atoms with Crippen molar-refractivity contribution in [2.75, 3.05) is 11.4 Å². The van der Waals surface area contributed by atoms with E-state index in [4.69, 9.17) is 0 Å². The van der Waals surface area contributed by atoms with Crippen LogP contribution in [-0.2, 0) is 4.79 Å². The van der Waals surface area contributed by atoms with Gasteiger partial charge in [-0.2, -0.15) is 0 Å². The van der Waals surface area contributed by atoms with Crippen molar-refractivity contribution in [1.29, 1.82) is 0 Å². The second-order valence-electron chi connectivity index (χ2n) is 5.50. The predicted octanol–water partition coefficient (Wildman–Crippen LogP) is 5.35. The van der Waals surface area contributed by atoms with Crippen molar-refractivity contribution >= 4 is 11.6 Å². The summed E-state index contributed by atoms with van der Waals surface area (Å²) in [6, 6.07) is 9.85. The largest absolute Gasteiger partial charge is 0.309 e. The molecule has 0 aromatic heterocycles. The number of unbranched alkanes of at least 4 members (excludes halogenated alkanes) is 6. The Balaban J connectivity index is 2.32. The number of hydrogen-bond donors (Lipinski definition) is 0. The lowest BCUT2D eigenvalue weighted by molar-refractivity contribution is -0.118. The van der Waals surface area contributed by atoms with Crippen molar-refractivity contribution in [2.45, 2.75) is 58.3 Å². The molecular weight excluding hydrogens is 258 g/mol. The lowest BCUT2D eigenvalue weighted by Gasteiger charge is -2.21. The molecule has 1 aromatic rings. The number of amides is 1. The Kier molecular flexibility index (Phi) is 9.26. The van der Waals surface area contributed by atoms with E-state index in [9.17, 15) is 4.79 Å². The highest BCUT2D eigenvalue weighted by atomic mass is 16.2. The smallest absolute Gasteiger partial charge is 0.227 e. The van der Waals surface area contributed by atoms with Crippen molar-refractivity contribution < 1.29 is 4.79 Å².